The minimum atomic E-state index is -0.421. The number of anilines is 1. The van der Waals surface area contributed by atoms with E-state index in [1.54, 1.807) is 12.1 Å². The number of nitrogens with zero attached hydrogens (tertiary/aromatic N) is 2. The molecule has 1 N–H and O–H groups in total. The molecule has 1 heterocycles. The third-order valence-corrected chi connectivity index (χ3v) is 3.10. The molecule has 1 aromatic rings. The molecule has 1 saturated heterocycles. The topological polar surface area (TPSA) is 67.6 Å². The fraction of sp³-hybridized carbons (Fsp3) is 0.538. The van der Waals surface area contributed by atoms with Gasteiger partial charge in [0, 0.05) is 25.2 Å². The van der Waals surface area contributed by atoms with Crippen molar-refractivity contribution in [3.8, 4) is 5.75 Å². The molecule has 0 radical (unpaired) electrons. The van der Waals surface area contributed by atoms with Crippen molar-refractivity contribution in [2.24, 2.45) is 0 Å². The lowest BCUT2D eigenvalue weighted by molar-refractivity contribution is -0.385. The Morgan fingerprint density at radius 2 is 2.11 bits per heavy atom. The van der Waals surface area contributed by atoms with Crippen LogP contribution in [0.1, 0.15) is 26.2 Å². The summed E-state index contributed by atoms with van der Waals surface area (Å²) in [5.41, 5.74) is 4.11. The molecule has 0 unspecified atom stereocenters. The minimum Gasteiger partial charge on any atom is -0.487 e. The Kier molecular flexibility index (Phi) is 4.57. The lowest BCUT2D eigenvalue weighted by Crippen LogP contribution is -2.34. The number of rotatable bonds is 5. The van der Waals surface area contributed by atoms with Gasteiger partial charge in [-0.15, -0.1) is 0 Å². The number of hydrogen-bond donors (Lipinski definition) is 1. The zero-order chi connectivity index (χ0) is 13.7. The summed E-state index contributed by atoms with van der Waals surface area (Å²) in [7, 11) is 0. The molecule has 0 saturated carbocycles. The maximum absolute atomic E-state index is 10.9. The van der Waals surface area contributed by atoms with Gasteiger partial charge in [0.05, 0.1) is 17.2 Å². The van der Waals surface area contributed by atoms with Crippen LogP contribution in [0.5, 0.6) is 5.75 Å². The summed E-state index contributed by atoms with van der Waals surface area (Å²) < 4.78 is 5.33. The highest BCUT2D eigenvalue weighted by molar-refractivity contribution is 5.57. The molecule has 2 rings (SSSR count). The fourth-order valence-electron chi connectivity index (χ4n) is 2.19. The molecule has 1 aromatic carbocycles. The molecule has 0 amide bonds. The molecule has 19 heavy (non-hydrogen) atoms. The zero-order valence-corrected chi connectivity index (χ0v) is 11.1. The smallest absolute Gasteiger partial charge is 0.311 e. The summed E-state index contributed by atoms with van der Waals surface area (Å²) in [6.45, 7) is 4.23. The molecule has 0 bridgehead atoms. The summed E-state index contributed by atoms with van der Waals surface area (Å²) >= 11 is 0. The molecule has 0 aliphatic carbocycles. The van der Waals surface area contributed by atoms with Gasteiger partial charge in [-0.2, -0.15) is 0 Å². The number of nitro groups is 1. The van der Waals surface area contributed by atoms with Gasteiger partial charge in [0.2, 0.25) is 0 Å². The highest BCUT2D eigenvalue weighted by Crippen LogP contribution is 2.30. The summed E-state index contributed by atoms with van der Waals surface area (Å²) in [4.78, 5) is 10.5. The number of hydrazine groups is 1. The van der Waals surface area contributed by atoms with Crippen LogP contribution < -0.4 is 10.2 Å². The first kappa shape index (κ1) is 13.6. The van der Waals surface area contributed by atoms with E-state index < -0.39 is 4.92 Å². The summed E-state index contributed by atoms with van der Waals surface area (Å²) in [6.07, 6.45) is 3.62. The molecule has 6 nitrogen and oxygen atoms in total. The van der Waals surface area contributed by atoms with Gasteiger partial charge in [0.1, 0.15) is 0 Å². The van der Waals surface area contributed by atoms with E-state index in [9.17, 15) is 10.1 Å². The summed E-state index contributed by atoms with van der Waals surface area (Å²) in [5, 5.41) is 13.0. The maximum atomic E-state index is 10.9. The number of nitrogens with one attached hydrogen (secondary N) is 1. The SMILES string of the molecule is CCOc1cc(NN2CCCCC2)ccc1[N+](=O)[O-]. The second-order valence-electron chi connectivity index (χ2n) is 4.53. The van der Waals surface area contributed by atoms with Crippen LogP contribution >= 0.6 is 0 Å². The average molecular weight is 265 g/mol. The van der Waals surface area contributed by atoms with Gasteiger partial charge in [-0.05, 0) is 25.8 Å². The van der Waals surface area contributed by atoms with Crippen LogP contribution in [-0.4, -0.2) is 29.6 Å². The van der Waals surface area contributed by atoms with Crippen LogP contribution in [-0.2, 0) is 0 Å². The molecule has 1 fully saturated rings. The van der Waals surface area contributed by atoms with E-state index in [2.05, 4.69) is 10.4 Å². The molecule has 0 spiro atoms. The second kappa shape index (κ2) is 6.38. The standard InChI is InChI=1S/C13H19N3O3/c1-2-19-13-10-11(6-7-12(13)16(17)18)14-15-8-4-3-5-9-15/h6-7,10,14H,2-5,8-9H2,1H3. The molecule has 104 valence electrons. The van der Waals surface area contributed by atoms with Crippen LogP contribution in [0, 0.1) is 10.1 Å². The molecular formula is C13H19N3O3. The first-order valence-corrected chi connectivity index (χ1v) is 6.63. The van der Waals surface area contributed by atoms with E-state index in [0.29, 0.717) is 12.4 Å². The Morgan fingerprint density at radius 1 is 1.37 bits per heavy atom. The summed E-state index contributed by atoms with van der Waals surface area (Å²) in [5.74, 6) is 0.314. The van der Waals surface area contributed by atoms with E-state index in [1.807, 2.05) is 6.92 Å². The van der Waals surface area contributed by atoms with Gasteiger partial charge in [-0.25, -0.2) is 5.01 Å². The van der Waals surface area contributed by atoms with Crippen LogP contribution in [0.2, 0.25) is 0 Å². The predicted molar refractivity (Wildman–Crippen MR) is 73.3 cm³/mol. The Morgan fingerprint density at radius 3 is 2.74 bits per heavy atom. The Bertz CT molecular complexity index is 445. The van der Waals surface area contributed by atoms with E-state index in [-0.39, 0.29) is 5.69 Å². The summed E-state index contributed by atoms with van der Waals surface area (Å²) in [6, 6.07) is 4.89. The van der Waals surface area contributed by atoms with Crippen molar-refractivity contribution < 1.29 is 9.66 Å². The molecule has 6 heteroatoms. The quantitative estimate of drug-likeness (QED) is 0.655. The molecule has 0 atom stereocenters. The van der Waals surface area contributed by atoms with Gasteiger partial charge in [-0.1, -0.05) is 6.42 Å². The van der Waals surface area contributed by atoms with E-state index in [0.717, 1.165) is 18.8 Å². The van der Waals surface area contributed by atoms with Crippen molar-refractivity contribution in [3.63, 3.8) is 0 Å². The van der Waals surface area contributed by atoms with Crippen LogP contribution in [0.25, 0.3) is 0 Å². The van der Waals surface area contributed by atoms with E-state index >= 15 is 0 Å². The lowest BCUT2D eigenvalue weighted by atomic mass is 10.2. The first-order valence-electron chi connectivity index (χ1n) is 6.63. The second-order valence-corrected chi connectivity index (χ2v) is 4.53. The van der Waals surface area contributed by atoms with E-state index in [1.165, 1.54) is 25.3 Å². The van der Waals surface area contributed by atoms with Crippen molar-refractivity contribution in [3.05, 3.63) is 28.3 Å². The third-order valence-electron chi connectivity index (χ3n) is 3.10. The average Bonchev–Trinajstić information content (AvgIpc) is 2.40. The normalized spacial score (nSPS) is 16.1. The Balaban J connectivity index is 2.12. The lowest BCUT2D eigenvalue weighted by Gasteiger charge is -2.27. The monoisotopic (exact) mass is 265 g/mol. The molecule has 1 aliphatic heterocycles. The van der Waals surface area contributed by atoms with Gasteiger partial charge in [-0.3, -0.25) is 10.1 Å². The Labute approximate surface area is 112 Å². The van der Waals surface area contributed by atoms with Crippen molar-refractivity contribution in [2.45, 2.75) is 26.2 Å². The molecule has 1 aliphatic rings. The van der Waals surface area contributed by atoms with Crippen LogP contribution in [0.4, 0.5) is 11.4 Å². The number of nitro benzene ring substituents is 1. The number of piperidine rings is 1. The number of ether oxygens (including phenoxy) is 1. The highest BCUT2D eigenvalue weighted by Gasteiger charge is 2.16. The highest BCUT2D eigenvalue weighted by atomic mass is 16.6. The van der Waals surface area contributed by atoms with Gasteiger partial charge >= 0.3 is 5.69 Å². The zero-order valence-electron chi connectivity index (χ0n) is 11.1. The minimum absolute atomic E-state index is 0.00560. The maximum Gasteiger partial charge on any atom is 0.311 e. The first-order chi connectivity index (χ1) is 9.20. The Hall–Kier alpha value is -1.82. The van der Waals surface area contributed by atoms with E-state index in [4.69, 9.17) is 4.74 Å². The van der Waals surface area contributed by atoms with Crippen molar-refractivity contribution >= 4 is 11.4 Å². The number of hydrogen-bond acceptors (Lipinski definition) is 5. The fourth-order valence-corrected chi connectivity index (χ4v) is 2.19. The van der Waals surface area contributed by atoms with Crippen molar-refractivity contribution in [1.82, 2.24) is 5.01 Å². The third kappa shape index (κ3) is 3.57. The van der Waals surface area contributed by atoms with Crippen molar-refractivity contribution in [1.29, 1.82) is 0 Å². The van der Waals surface area contributed by atoms with Crippen molar-refractivity contribution in [2.75, 3.05) is 25.1 Å². The largest absolute Gasteiger partial charge is 0.487 e. The number of benzene rings is 1. The molecule has 0 aromatic heterocycles. The van der Waals surface area contributed by atoms with Gasteiger partial charge in [0.25, 0.3) is 0 Å². The van der Waals surface area contributed by atoms with Gasteiger partial charge < -0.3 is 10.2 Å². The van der Waals surface area contributed by atoms with Crippen LogP contribution in [0.15, 0.2) is 18.2 Å². The van der Waals surface area contributed by atoms with Crippen LogP contribution in [0.3, 0.4) is 0 Å². The van der Waals surface area contributed by atoms with Gasteiger partial charge in [0.15, 0.2) is 5.75 Å². The predicted octanol–water partition coefficient (Wildman–Crippen LogP) is 2.81. The molecular weight excluding hydrogens is 246 g/mol.